The molecule has 23 heavy (non-hydrogen) atoms. The lowest BCUT2D eigenvalue weighted by Gasteiger charge is -2.08. The van der Waals surface area contributed by atoms with Crippen LogP contribution in [-0.4, -0.2) is 4.57 Å². The molecule has 3 aromatic carbocycles. The molecule has 0 fully saturated rings. The Labute approximate surface area is 135 Å². The van der Waals surface area contributed by atoms with Crippen molar-refractivity contribution < 1.29 is 0 Å². The summed E-state index contributed by atoms with van der Waals surface area (Å²) in [6.07, 6.45) is 5.57. The largest absolute Gasteiger partial charge is 0.344 e. The summed E-state index contributed by atoms with van der Waals surface area (Å²) in [6, 6.07) is 22.1. The number of fused-ring (bicyclic) bond motifs is 4. The number of hydrogen-bond acceptors (Lipinski definition) is 0. The molecule has 0 bridgehead atoms. The van der Waals surface area contributed by atoms with Crippen molar-refractivity contribution in [2.24, 2.45) is 7.05 Å². The van der Waals surface area contributed by atoms with Gasteiger partial charge in [-0.15, -0.1) is 0 Å². The number of allylic oxidation sites excluding steroid dienone is 1. The van der Waals surface area contributed by atoms with Crippen LogP contribution < -0.4 is 0 Å². The van der Waals surface area contributed by atoms with Crippen molar-refractivity contribution in [2.45, 2.75) is 6.42 Å². The smallest absolute Gasteiger partial charge is 0.0489 e. The van der Waals surface area contributed by atoms with Gasteiger partial charge >= 0.3 is 0 Å². The summed E-state index contributed by atoms with van der Waals surface area (Å²) in [5.41, 5.74) is 8.03. The maximum absolute atomic E-state index is 2.35. The van der Waals surface area contributed by atoms with Gasteiger partial charge in [0.05, 0.1) is 0 Å². The first-order chi connectivity index (χ1) is 11.3. The highest BCUT2D eigenvalue weighted by Crippen LogP contribution is 2.35. The van der Waals surface area contributed by atoms with Gasteiger partial charge in [-0.1, -0.05) is 54.6 Å². The highest BCUT2D eigenvalue weighted by molar-refractivity contribution is 6.09. The van der Waals surface area contributed by atoms with Gasteiger partial charge in [0.15, 0.2) is 0 Å². The van der Waals surface area contributed by atoms with Crippen LogP contribution in [0.15, 0.2) is 66.7 Å². The Morgan fingerprint density at radius 3 is 2.65 bits per heavy atom. The van der Waals surface area contributed by atoms with Crippen molar-refractivity contribution >= 4 is 27.9 Å². The number of nitrogens with zero attached hydrogens (tertiary/aromatic N) is 1. The minimum absolute atomic E-state index is 1.06. The molecular weight excluding hydrogens is 278 g/mol. The molecule has 0 aliphatic heterocycles. The average molecular weight is 295 g/mol. The second-order valence-electron chi connectivity index (χ2n) is 6.29. The third-order valence-corrected chi connectivity index (χ3v) is 5.04. The van der Waals surface area contributed by atoms with E-state index in [4.69, 9.17) is 0 Å². The van der Waals surface area contributed by atoms with E-state index in [0.717, 1.165) is 6.42 Å². The molecule has 0 saturated carbocycles. The number of hydrogen-bond donors (Lipinski definition) is 0. The summed E-state index contributed by atoms with van der Waals surface area (Å²) in [4.78, 5) is 0. The van der Waals surface area contributed by atoms with E-state index in [1.165, 1.54) is 44.1 Å². The fourth-order valence-corrected chi connectivity index (χ4v) is 3.88. The van der Waals surface area contributed by atoms with Gasteiger partial charge in [0.1, 0.15) is 0 Å². The Bertz CT molecular complexity index is 1100. The Balaban J connectivity index is 1.83. The molecule has 0 atom stereocenters. The summed E-state index contributed by atoms with van der Waals surface area (Å²) in [5, 5.41) is 2.66. The molecule has 0 unspecified atom stereocenters. The zero-order valence-electron chi connectivity index (χ0n) is 13.1. The topological polar surface area (TPSA) is 4.93 Å². The van der Waals surface area contributed by atoms with E-state index in [-0.39, 0.29) is 0 Å². The van der Waals surface area contributed by atoms with Crippen LogP contribution in [0.1, 0.15) is 11.1 Å². The first kappa shape index (κ1) is 12.7. The van der Waals surface area contributed by atoms with Crippen LogP contribution in [0.2, 0.25) is 0 Å². The average Bonchev–Trinajstić information content (AvgIpc) is 3.19. The molecule has 0 saturated heterocycles. The van der Waals surface area contributed by atoms with Gasteiger partial charge in [-0.2, -0.15) is 0 Å². The van der Waals surface area contributed by atoms with E-state index < -0.39 is 0 Å². The molecule has 5 rings (SSSR count). The molecule has 0 spiro atoms. The third kappa shape index (κ3) is 1.74. The van der Waals surface area contributed by atoms with E-state index in [0.29, 0.717) is 0 Å². The fourth-order valence-electron chi connectivity index (χ4n) is 3.88. The van der Waals surface area contributed by atoms with E-state index in [1.807, 2.05) is 0 Å². The van der Waals surface area contributed by atoms with Gasteiger partial charge in [-0.3, -0.25) is 0 Å². The highest BCUT2D eigenvalue weighted by Gasteiger charge is 2.13. The summed E-state index contributed by atoms with van der Waals surface area (Å²) in [7, 11) is 2.15. The molecular formula is C22H17N. The summed E-state index contributed by atoms with van der Waals surface area (Å²) in [5.74, 6) is 0. The number of para-hydroxylation sites is 1. The van der Waals surface area contributed by atoms with Crippen LogP contribution >= 0.6 is 0 Å². The molecule has 0 amide bonds. The number of aromatic nitrogens is 1. The minimum Gasteiger partial charge on any atom is -0.344 e. The standard InChI is InChI=1S/C22H17N/c1-23-21-11-3-2-8-19(21)20-14-16(12-13-22(20)23)18-10-5-7-15-6-4-9-17(15)18/h2-5,7-14H,6H2,1H3. The van der Waals surface area contributed by atoms with Gasteiger partial charge in [0.2, 0.25) is 0 Å². The quantitative estimate of drug-likeness (QED) is 0.433. The predicted molar refractivity (Wildman–Crippen MR) is 98.6 cm³/mol. The first-order valence-corrected chi connectivity index (χ1v) is 8.09. The normalized spacial score (nSPS) is 13.1. The minimum atomic E-state index is 1.06. The van der Waals surface area contributed by atoms with Crippen molar-refractivity contribution in [1.29, 1.82) is 0 Å². The zero-order valence-corrected chi connectivity index (χ0v) is 13.1. The Morgan fingerprint density at radius 1 is 0.826 bits per heavy atom. The monoisotopic (exact) mass is 295 g/mol. The second kappa shape index (κ2) is 4.60. The van der Waals surface area contributed by atoms with Crippen molar-refractivity contribution in [3.05, 3.63) is 77.9 Å². The van der Waals surface area contributed by atoms with Crippen LogP contribution in [0.3, 0.4) is 0 Å². The highest BCUT2D eigenvalue weighted by atomic mass is 14.9. The number of benzene rings is 3. The van der Waals surface area contributed by atoms with Crippen molar-refractivity contribution in [3.63, 3.8) is 0 Å². The molecule has 4 aromatic rings. The third-order valence-electron chi connectivity index (χ3n) is 5.04. The maximum atomic E-state index is 2.35. The fraction of sp³-hybridized carbons (Fsp3) is 0.0909. The lowest BCUT2D eigenvalue weighted by molar-refractivity contribution is 1.01. The molecule has 1 aromatic heterocycles. The van der Waals surface area contributed by atoms with Gasteiger partial charge in [-0.25, -0.2) is 0 Å². The SMILES string of the molecule is Cn1c2ccccc2c2cc(-c3cccc4c3C=CC4)ccc21. The van der Waals surface area contributed by atoms with E-state index in [9.17, 15) is 0 Å². The van der Waals surface area contributed by atoms with Crippen molar-refractivity contribution in [1.82, 2.24) is 4.57 Å². The lowest BCUT2D eigenvalue weighted by atomic mass is 9.96. The molecule has 110 valence electrons. The van der Waals surface area contributed by atoms with Crippen LogP contribution in [0.4, 0.5) is 0 Å². The molecule has 0 N–H and O–H groups in total. The number of aryl methyl sites for hydroxylation is 1. The van der Waals surface area contributed by atoms with Crippen LogP contribution in [0, 0.1) is 0 Å². The Hall–Kier alpha value is -2.80. The maximum Gasteiger partial charge on any atom is 0.0489 e. The van der Waals surface area contributed by atoms with Crippen LogP contribution in [0.5, 0.6) is 0 Å². The lowest BCUT2D eigenvalue weighted by Crippen LogP contribution is -1.88. The van der Waals surface area contributed by atoms with Crippen molar-refractivity contribution in [2.75, 3.05) is 0 Å². The molecule has 1 aliphatic rings. The molecule has 1 aliphatic carbocycles. The van der Waals surface area contributed by atoms with E-state index >= 15 is 0 Å². The first-order valence-electron chi connectivity index (χ1n) is 8.09. The molecule has 0 radical (unpaired) electrons. The summed E-state index contributed by atoms with van der Waals surface area (Å²) >= 11 is 0. The predicted octanol–water partition coefficient (Wildman–Crippen LogP) is 5.57. The van der Waals surface area contributed by atoms with Gasteiger partial charge in [0, 0.05) is 28.9 Å². The summed E-state index contributed by atoms with van der Waals surface area (Å²) < 4.78 is 2.28. The van der Waals surface area contributed by atoms with Gasteiger partial charge < -0.3 is 4.57 Å². The molecule has 1 heteroatoms. The Morgan fingerprint density at radius 2 is 1.70 bits per heavy atom. The number of rotatable bonds is 1. The van der Waals surface area contributed by atoms with Gasteiger partial charge in [-0.05, 0) is 46.9 Å². The van der Waals surface area contributed by atoms with E-state index in [1.54, 1.807) is 0 Å². The van der Waals surface area contributed by atoms with Crippen LogP contribution in [0.25, 0.3) is 39.0 Å². The Kier molecular flexibility index (Phi) is 2.54. The van der Waals surface area contributed by atoms with Crippen LogP contribution in [-0.2, 0) is 13.5 Å². The second-order valence-corrected chi connectivity index (χ2v) is 6.29. The summed E-state index contributed by atoms with van der Waals surface area (Å²) in [6.45, 7) is 0. The van der Waals surface area contributed by atoms with Crippen molar-refractivity contribution in [3.8, 4) is 11.1 Å². The van der Waals surface area contributed by atoms with Gasteiger partial charge in [0.25, 0.3) is 0 Å². The zero-order chi connectivity index (χ0) is 15.4. The molecule has 1 heterocycles. The molecule has 1 nitrogen and oxygen atoms in total. The van der Waals surface area contributed by atoms with E-state index in [2.05, 4.69) is 84.4 Å².